The molecule has 1 aliphatic carbocycles. The summed E-state index contributed by atoms with van der Waals surface area (Å²) in [5, 5.41) is 0. The maximum Gasteiger partial charge on any atom is 0.0292 e. The molecule has 1 unspecified atom stereocenters. The van der Waals surface area contributed by atoms with Crippen molar-refractivity contribution in [3.63, 3.8) is 0 Å². The average molecular weight is 175 g/mol. The van der Waals surface area contributed by atoms with Crippen molar-refractivity contribution >= 4 is 0 Å². The Morgan fingerprint density at radius 1 is 1.46 bits per heavy atom. The van der Waals surface area contributed by atoms with Gasteiger partial charge in [0.15, 0.2) is 0 Å². The van der Waals surface area contributed by atoms with Gasteiger partial charge in [-0.15, -0.1) is 0 Å². The van der Waals surface area contributed by atoms with Gasteiger partial charge in [0.2, 0.25) is 0 Å². The predicted molar refractivity (Wildman–Crippen MR) is 55.6 cm³/mol. The summed E-state index contributed by atoms with van der Waals surface area (Å²) in [6.07, 6.45) is 3.75. The molecule has 1 heteroatoms. The molecule has 0 bridgehead atoms. The molecule has 0 spiro atoms. The van der Waals surface area contributed by atoms with Crippen molar-refractivity contribution in [1.29, 1.82) is 0 Å². The van der Waals surface area contributed by atoms with E-state index in [4.69, 9.17) is 5.73 Å². The van der Waals surface area contributed by atoms with Crippen molar-refractivity contribution in [3.05, 3.63) is 35.4 Å². The molecule has 13 heavy (non-hydrogen) atoms. The summed E-state index contributed by atoms with van der Waals surface area (Å²) in [7, 11) is 0. The van der Waals surface area contributed by atoms with Crippen LogP contribution in [0.4, 0.5) is 0 Å². The summed E-state index contributed by atoms with van der Waals surface area (Å²) in [6.45, 7) is 2.13. The monoisotopic (exact) mass is 175 g/mol. The van der Waals surface area contributed by atoms with E-state index in [9.17, 15) is 0 Å². The van der Waals surface area contributed by atoms with E-state index in [2.05, 4.69) is 31.2 Å². The molecule has 1 nitrogen and oxygen atoms in total. The first-order valence-electron chi connectivity index (χ1n) is 5.16. The summed E-state index contributed by atoms with van der Waals surface area (Å²) in [5.74, 6) is 0.837. The SMILES string of the molecule is CCC(N)c1cccc(C2CC2)c1. The van der Waals surface area contributed by atoms with Gasteiger partial charge in [-0.2, -0.15) is 0 Å². The lowest BCUT2D eigenvalue weighted by molar-refractivity contribution is 0.697. The normalized spacial score (nSPS) is 18.6. The minimum Gasteiger partial charge on any atom is -0.324 e. The Morgan fingerprint density at radius 2 is 2.23 bits per heavy atom. The minimum atomic E-state index is 0.221. The van der Waals surface area contributed by atoms with Gasteiger partial charge in [0.05, 0.1) is 0 Å². The molecule has 2 rings (SSSR count). The van der Waals surface area contributed by atoms with E-state index in [0.717, 1.165) is 12.3 Å². The lowest BCUT2D eigenvalue weighted by Gasteiger charge is -2.10. The van der Waals surface area contributed by atoms with Crippen molar-refractivity contribution in [1.82, 2.24) is 0 Å². The van der Waals surface area contributed by atoms with Gasteiger partial charge in [0, 0.05) is 6.04 Å². The van der Waals surface area contributed by atoms with Gasteiger partial charge in [0.25, 0.3) is 0 Å². The number of hydrogen-bond donors (Lipinski definition) is 1. The molecule has 0 aliphatic heterocycles. The van der Waals surface area contributed by atoms with Crippen molar-refractivity contribution in [2.75, 3.05) is 0 Å². The molecule has 1 fully saturated rings. The lowest BCUT2D eigenvalue weighted by atomic mass is 10.0. The van der Waals surface area contributed by atoms with E-state index >= 15 is 0 Å². The maximum absolute atomic E-state index is 5.98. The fraction of sp³-hybridized carbons (Fsp3) is 0.500. The van der Waals surface area contributed by atoms with Crippen LogP contribution in [0.25, 0.3) is 0 Å². The van der Waals surface area contributed by atoms with E-state index in [1.54, 1.807) is 0 Å². The summed E-state index contributed by atoms with van der Waals surface area (Å²) in [6, 6.07) is 9.01. The topological polar surface area (TPSA) is 26.0 Å². The van der Waals surface area contributed by atoms with Crippen LogP contribution in [0.2, 0.25) is 0 Å². The Kier molecular flexibility index (Phi) is 2.36. The van der Waals surface area contributed by atoms with E-state index < -0.39 is 0 Å². The third-order valence-corrected chi connectivity index (χ3v) is 2.83. The standard InChI is InChI=1S/C12H17N/c1-2-12(13)11-5-3-4-10(8-11)9-6-7-9/h3-5,8-9,12H,2,6-7,13H2,1H3. The highest BCUT2D eigenvalue weighted by Gasteiger charge is 2.23. The highest BCUT2D eigenvalue weighted by atomic mass is 14.6. The maximum atomic E-state index is 5.98. The lowest BCUT2D eigenvalue weighted by Crippen LogP contribution is -2.08. The van der Waals surface area contributed by atoms with Gasteiger partial charge in [0.1, 0.15) is 0 Å². The summed E-state index contributed by atoms with van der Waals surface area (Å²) in [5.41, 5.74) is 8.77. The zero-order valence-electron chi connectivity index (χ0n) is 8.16. The van der Waals surface area contributed by atoms with E-state index in [0.29, 0.717) is 0 Å². The predicted octanol–water partition coefficient (Wildman–Crippen LogP) is 2.97. The molecule has 2 N–H and O–H groups in total. The molecule has 1 aromatic rings. The molecular formula is C12H17N. The summed E-state index contributed by atoms with van der Waals surface area (Å²) in [4.78, 5) is 0. The van der Waals surface area contributed by atoms with Gasteiger partial charge in [-0.05, 0) is 36.3 Å². The van der Waals surface area contributed by atoms with Gasteiger partial charge >= 0.3 is 0 Å². The van der Waals surface area contributed by atoms with Crippen molar-refractivity contribution in [3.8, 4) is 0 Å². The Bertz CT molecular complexity index is 289. The quantitative estimate of drug-likeness (QED) is 0.751. The van der Waals surface area contributed by atoms with Crippen LogP contribution in [-0.2, 0) is 0 Å². The van der Waals surface area contributed by atoms with E-state index in [-0.39, 0.29) is 6.04 Å². The molecule has 0 heterocycles. The second kappa shape index (κ2) is 3.51. The Hall–Kier alpha value is -0.820. The molecule has 0 saturated heterocycles. The van der Waals surface area contributed by atoms with Crippen LogP contribution in [0.1, 0.15) is 49.3 Å². The number of rotatable bonds is 3. The number of nitrogens with two attached hydrogens (primary N) is 1. The Balaban J connectivity index is 2.21. The fourth-order valence-corrected chi connectivity index (χ4v) is 1.70. The molecule has 70 valence electrons. The van der Waals surface area contributed by atoms with Crippen molar-refractivity contribution in [2.24, 2.45) is 5.73 Å². The smallest absolute Gasteiger partial charge is 0.0292 e. The molecule has 0 amide bonds. The largest absolute Gasteiger partial charge is 0.324 e. The van der Waals surface area contributed by atoms with Crippen molar-refractivity contribution < 1.29 is 0 Å². The van der Waals surface area contributed by atoms with Gasteiger partial charge in [-0.3, -0.25) is 0 Å². The van der Waals surface area contributed by atoms with Crippen LogP contribution in [0.3, 0.4) is 0 Å². The van der Waals surface area contributed by atoms with Crippen LogP contribution < -0.4 is 5.73 Å². The Labute approximate surface area is 80.0 Å². The second-order valence-corrected chi connectivity index (χ2v) is 3.96. The minimum absolute atomic E-state index is 0.221. The van der Waals surface area contributed by atoms with Crippen LogP contribution in [-0.4, -0.2) is 0 Å². The van der Waals surface area contributed by atoms with Crippen LogP contribution >= 0.6 is 0 Å². The molecular weight excluding hydrogens is 158 g/mol. The molecule has 0 aromatic heterocycles. The highest BCUT2D eigenvalue weighted by molar-refractivity contribution is 5.30. The first kappa shape index (κ1) is 8.76. The zero-order valence-corrected chi connectivity index (χ0v) is 8.16. The van der Waals surface area contributed by atoms with Gasteiger partial charge in [-0.25, -0.2) is 0 Å². The number of hydrogen-bond acceptors (Lipinski definition) is 1. The van der Waals surface area contributed by atoms with Crippen molar-refractivity contribution in [2.45, 2.75) is 38.1 Å². The molecule has 1 saturated carbocycles. The third-order valence-electron chi connectivity index (χ3n) is 2.83. The fourth-order valence-electron chi connectivity index (χ4n) is 1.70. The average Bonchev–Trinajstić information content (AvgIpc) is 3.00. The van der Waals surface area contributed by atoms with Crippen LogP contribution in [0, 0.1) is 0 Å². The summed E-state index contributed by atoms with van der Waals surface area (Å²) >= 11 is 0. The van der Waals surface area contributed by atoms with E-state index in [1.807, 2.05) is 0 Å². The van der Waals surface area contributed by atoms with E-state index in [1.165, 1.54) is 24.0 Å². The first-order valence-corrected chi connectivity index (χ1v) is 5.16. The zero-order chi connectivity index (χ0) is 9.26. The summed E-state index contributed by atoms with van der Waals surface area (Å²) < 4.78 is 0. The van der Waals surface area contributed by atoms with Gasteiger partial charge in [-0.1, -0.05) is 31.2 Å². The molecule has 1 aliphatic rings. The third kappa shape index (κ3) is 1.92. The van der Waals surface area contributed by atoms with Gasteiger partial charge < -0.3 is 5.73 Å². The highest BCUT2D eigenvalue weighted by Crippen LogP contribution is 2.40. The van der Waals surface area contributed by atoms with Crippen LogP contribution in [0.15, 0.2) is 24.3 Å². The molecule has 0 radical (unpaired) electrons. The van der Waals surface area contributed by atoms with Crippen LogP contribution in [0.5, 0.6) is 0 Å². The molecule has 1 atom stereocenters. The second-order valence-electron chi connectivity index (χ2n) is 3.96. The first-order chi connectivity index (χ1) is 6.31. The number of benzene rings is 1. The Morgan fingerprint density at radius 3 is 2.85 bits per heavy atom. The molecule has 1 aromatic carbocycles.